The van der Waals surface area contributed by atoms with E-state index < -0.39 is 0 Å². The fourth-order valence-electron chi connectivity index (χ4n) is 19.9. The molecule has 0 fully saturated rings. The van der Waals surface area contributed by atoms with Gasteiger partial charge in [0, 0.05) is 94.7 Å². The molecule has 0 amide bonds. The van der Waals surface area contributed by atoms with E-state index in [1.165, 1.54) is 44.1 Å². The van der Waals surface area contributed by atoms with Crippen molar-refractivity contribution < 1.29 is 27.5 Å². The van der Waals surface area contributed by atoms with Crippen LogP contribution in [0.25, 0.3) is 99.2 Å². The lowest BCUT2D eigenvalue weighted by Crippen LogP contribution is -2.65. The van der Waals surface area contributed by atoms with E-state index in [-0.39, 0.29) is 20.1 Å². The number of furan rings is 3. The van der Waals surface area contributed by atoms with E-state index >= 15 is 0 Å². The SMILES string of the molecule is Cc1cc(C)c(N2c3cc4c(cc3B3c5cc6c(cc5N(c5c(C)cc(C)cc5C)c5cc(-c7cccc8c7oc7ccccc78)cc2c53)Oc2cc(-c3cccc5c3oc3ccccc35)cc3c2B6c2ccccc2O3)B2c3ccccc3Oc3cc(-c5cccc6c5oc5ccccc56)cc(c32)N4)c(C)c1. The van der Waals surface area contributed by atoms with Crippen molar-refractivity contribution in [3.05, 3.63) is 294 Å². The third kappa shape index (κ3) is 8.23. The van der Waals surface area contributed by atoms with Gasteiger partial charge in [0.2, 0.25) is 0 Å². The van der Waals surface area contributed by atoms with E-state index in [4.69, 9.17) is 27.5 Å². The Kier molecular flexibility index (Phi) is 12.0. The Morgan fingerprint density at radius 2 is 0.657 bits per heavy atom. The summed E-state index contributed by atoms with van der Waals surface area (Å²) in [7, 11) is 0. The summed E-state index contributed by atoms with van der Waals surface area (Å²) in [5, 5.41) is 10.6. The zero-order valence-corrected chi connectivity index (χ0v) is 59.9. The maximum Gasteiger partial charge on any atom is 0.260 e. The molecule has 0 aliphatic carbocycles. The van der Waals surface area contributed by atoms with Crippen LogP contribution >= 0.6 is 0 Å². The van der Waals surface area contributed by atoms with Gasteiger partial charge < -0.3 is 42.6 Å². The number of aryl methyl sites for hydroxylation is 6. The van der Waals surface area contributed by atoms with E-state index in [9.17, 15) is 0 Å². The zero-order valence-electron chi connectivity index (χ0n) is 59.9. The van der Waals surface area contributed by atoms with Crippen LogP contribution in [0, 0.1) is 41.5 Å². The largest absolute Gasteiger partial charge is 0.458 e. The van der Waals surface area contributed by atoms with Crippen LogP contribution in [0.1, 0.15) is 33.4 Å². The average molecular weight is 1390 g/mol. The molecule has 0 atom stereocenters. The van der Waals surface area contributed by atoms with Gasteiger partial charge in [0.1, 0.15) is 68.0 Å². The Hall–Kier alpha value is -13.3. The molecule has 6 aliphatic heterocycles. The summed E-state index contributed by atoms with van der Waals surface area (Å²) in [4.78, 5) is 5.22. The standard InChI is InChI=1S/C96H62B3N3O6/c1-50-36-52(3)92(53(4)37-50)101-76-48-74-70(97-68-29-10-15-34-83(68)103-86-43-56(40-75(100-74)89(86)97)59-23-17-26-65-62-20-7-12-31-80(62)106-94(59)65)46-71(76)99-72-47-73-85(105-88-45-58(44-87-91(88)98(73)69-30-11-16-35-84(69)104-87)61-25-19-28-67-64-22-9-14-33-82(64)108-96(61)67)49-77(72)102(93-54(5)38-51(2)39-55(93)6)79-42-57(41-78(101)90(79)99)60-24-18-27-66-63-21-8-13-32-81(63)107-95(60)66/h7-49,100H,1-6H3. The van der Waals surface area contributed by atoms with Gasteiger partial charge in [0.25, 0.3) is 20.1 Å². The Labute approximate surface area is 623 Å². The third-order valence-corrected chi connectivity index (χ3v) is 24.1. The molecule has 24 rings (SSSR count). The first-order chi connectivity index (χ1) is 53.0. The number of anilines is 8. The fourth-order valence-corrected chi connectivity index (χ4v) is 19.9. The van der Waals surface area contributed by atoms with Crippen LogP contribution in [0.4, 0.5) is 45.5 Å². The van der Waals surface area contributed by atoms with Gasteiger partial charge in [-0.3, -0.25) is 0 Å². The fraction of sp³-hybridized carbons (Fsp3) is 0.0625. The molecule has 9 heterocycles. The van der Waals surface area contributed by atoms with Crippen molar-refractivity contribution in [1.82, 2.24) is 0 Å². The van der Waals surface area contributed by atoms with Gasteiger partial charge in [-0.25, -0.2) is 0 Å². The molecular formula is C96H62B3N3O6. The second kappa shape index (κ2) is 21.7. The summed E-state index contributed by atoms with van der Waals surface area (Å²) in [5.74, 6) is 4.74. The van der Waals surface area contributed by atoms with E-state index in [1.807, 2.05) is 18.2 Å². The molecule has 9 nitrogen and oxygen atoms in total. The number of nitrogens with one attached hydrogen (secondary N) is 1. The lowest BCUT2D eigenvalue weighted by molar-refractivity contribution is 0.465. The van der Waals surface area contributed by atoms with Gasteiger partial charge in [-0.1, -0.05) is 193 Å². The second-order valence-electron chi connectivity index (χ2n) is 30.5. The molecule has 0 radical (unpaired) electrons. The van der Waals surface area contributed by atoms with E-state index in [1.54, 1.807) is 0 Å². The zero-order chi connectivity index (χ0) is 71.4. The molecule has 18 aromatic rings. The molecule has 108 heavy (non-hydrogen) atoms. The van der Waals surface area contributed by atoms with E-state index in [2.05, 4.69) is 299 Å². The van der Waals surface area contributed by atoms with Crippen molar-refractivity contribution in [3.63, 3.8) is 0 Å². The number of nitrogens with zero attached hydrogens (tertiary/aromatic N) is 2. The van der Waals surface area contributed by atoms with Crippen LogP contribution in [0.3, 0.4) is 0 Å². The number of hydrogen-bond acceptors (Lipinski definition) is 9. The van der Waals surface area contributed by atoms with E-state index in [0.29, 0.717) is 0 Å². The molecule has 0 unspecified atom stereocenters. The van der Waals surface area contributed by atoms with Crippen molar-refractivity contribution in [2.24, 2.45) is 0 Å². The number of para-hydroxylation sites is 8. The van der Waals surface area contributed by atoms with Crippen LogP contribution in [0.15, 0.2) is 274 Å². The number of rotatable bonds is 5. The van der Waals surface area contributed by atoms with Crippen molar-refractivity contribution in [2.45, 2.75) is 41.5 Å². The summed E-state index contributed by atoms with van der Waals surface area (Å²) in [6.07, 6.45) is 0. The highest BCUT2D eigenvalue weighted by Gasteiger charge is 2.50. The van der Waals surface area contributed by atoms with Crippen molar-refractivity contribution in [1.29, 1.82) is 0 Å². The van der Waals surface area contributed by atoms with Crippen molar-refractivity contribution in [2.75, 3.05) is 15.1 Å². The van der Waals surface area contributed by atoms with Gasteiger partial charge in [-0.2, -0.15) is 0 Å². The number of hydrogen-bond donors (Lipinski definition) is 1. The highest BCUT2D eigenvalue weighted by atomic mass is 16.5. The van der Waals surface area contributed by atoms with Gasteiger partial charge in [-0.15, -0.1) is 0 Å². The van der Waals surface area contributed by atoms with Crippen LogP contribution < -0.4 is 78.5 Å². The first-order valence-electron chi connectivity index (χ1n) is 37.3. The molecular weight excluding hydrogens is 1320 g/mol. The Balaban J connectivity index is 0.800. The molecule has 506 valence electrons. The maximum atomic E-state index is 7.72. The molecule has 1 N–H and O–H groups in total. The number of ether oxygens (including phenoxy) is 3. The summed E-state index contributed by atoms with van der Waals surface area (Å²) >= 11 is 0. The van der Waals surface area contributed by atoms with Crippen LogP contribution in [-0.2, 0) is 0 Å². The predicted octanol–water partition coefficient (Wildman–Crippen LogP) is 19.7. The van der Waals surface area contributed by atoms with Crippen molar-refractivity contribution in [3.8, 4) is 67.9 Å². The molecule has 0 bridgehead atoms. The molecule has 0 saturated heterocycles. The highest BCUT2D eigenvalue weighted by molar-refractivity contribution is 7.04. The van der Waals surface area contributed by atoms with Gasteiger partial charge in [0.05, 0.1) is 11.4 Å². The minimum absolute atomic E-state index is 0.215. The van der Waals surface area contributed by atoms with Gasteiger partial charge in [0.15, 0.2) is 0 Å². The minimum Gasteiger partial charge on any atom is -0.458 e. The average Bonchev–Trinajstić information content (AvgIpc) is 0.869. The Morgan fingerprint density at radius 1 is 0.269 bits per heavy atom. The number of fused-ring (bicyclic) bond motifs is 21. The maximum absolute atomic E-state index is 7.72. The Bertz CT molecular complexity index is 6750. The normalized spacial score (nSPS) is 13.7. The molecule has 15 aromatic carbocycles. The monoisotopic (exact) mass is 1390 g/mol. The van der Waals surface area contributed by atoms with Crippen molar-refractivity contribution >= 4 is 181 Å². The number of benzene rings is 15. The second-order valence-corrected chi connectivity index (χ2v) is 30.5. The first-order valence-corrected chi connectivity index (χ1v) is 37.3. The third-order valence-electron chi connectivity index (χ3n) is 24.1. The quantitative estimate of drug-likeness (QED) is 0.169. The van der Waals surface area contributed by atoms with Gasteiger partial charge in [-0.05, 0) is 197 Å². The minimum atomic E-state index is -0.346. The topological polar surface area (TPSA) is 85.6 Å². The summed E-state index contributed by atoms with van der Waals surface area (Å²) in [6, 6.07) is 95.1. The highest BCUT2D eigenvalue weighted by Crippen LogP contribution is 2.53. The molecule has 0 spiro atoms. The molecule has 0 saturated carbocycles. The molecule has 12 heteroatoms. The smallest absolute Gasteiger partial charge is 0.260 e. The predicted molar refractivity (Wildman–Crippen MR) is 446 cm³/mol. The van der Waals surface area contributed by atoms with Crippen LogP contribution in [0.2, 0.25) is 0 Å². The van der Waals surface area contributed by atoms with Crippen LogP contribution in [-0.4, -0.2) is 20.1 Å². The summed E-state index contributed by atoms with van der Waals surface area (Å²) in [6.45, 7) is 12.7. The van der Waals surface area contributed by atoms with Crippen LogP contribution in [0.5, 0.6) is 34.5 Å². The first kappa shape index (κ1) is 60.0. The molecule has 3 aromatic heterocycles. The molecule has 6 aliphatic rings. The lowest BCUT2D eigenvalue weighted by Gasteiger charge is -2.47. The Morgan fingerprint density at radius 3 is 1.16 bits per heavy atom. The van der Waals surface area contributed by atoms with Gasteiger partial charge >= 0.3 is 0 Å². The summed E-state index contributed by atoms with van der Waals surface area (Å²) in [5.41, 5.74) is 36.7. The summed E-state index contributed by atoms with van der Waals surface area (Å²) < 4.78 is 42.7. The lowest BCUT2D eigenvalue weighted by atomic mass is 9.29. The van der Waals surface area contributed by atoms with E-state index in [0.717, 1.165) is 218 Å².